The summed E-state index contributed by atoms with van der Waals surface area (Å²) in [5.41, 5.74) is 4.79. The van der Waals surface area contributed by atoms with Gasteiger partial charge in [-0.15, -0.1) is 0 Å². The first kappa shape index (κ1) is 24.1. The molecule has 1 amide bonds. The number of amides is 1. The number of para-hydroxylation sites is 2. The quantitative estimate of drug-likeness (QED) is 0.360. The molecule has 4 rings (SSSR count). The average Bonchev–Trinajstić information content (AvgIpc) is 3.24. The fourth-order valence-electron chi connectivity index (χ4n) is 4.04. The molecule has 1 heterocycles. The summed E-state index contributed by atoms with van der Waals surface area (Å²) in [6.07, 6.45) is 0. The van der Waals surface area contributed by atoms with Crippen molar-refractivity contribution < 1.29 is 19.0 Å². The predicted octanol–water partition coefficient (Wildman–Crippen LogP) is 5.24. The number of methoxy groups -OCH3 is 2. The first-order valence-electron chi connectivity index (χ1n) is 11.6. The van der Waals surface area contributed by atoms with E-state index in [4.69, 9.17) is 19.2 Å². The summed E-state index contributed by atoms with van der Waals surface area (Å²) in [6.45, 7) is 7.17. The van der Waals surface area contributed by atoms with E-state index >= 15 is 0 Å². The minimum atomic E-state index is -0.329. The zero-order valence-electron chi connectivity index (χ0n) is 20.8. The number of nitrogens with zero attached hydrogens (tertiary/aromatic N) is 2. The van der Waals surface area contributed by atoms with Gasteiger partial charge in [0, 0.05) is 5.56 Å². The van der Waals surface area contributed by atoms with E-state index in [2.05, 4.69) is 29.8 Å². The van der Waals surface area contributed by atoms with Crippen LogP contribution in [0.25, 0.3) is 11.0 Å². The van der Waals surface area contributed by atoms with Crippen LogP contribution in [0, 0.1) is 13.8 Å². The van der Waals surface area contributed by atoms with Crippen molar-refractivity contribution in [3.8, 4) is 17.2 Å². The largest absolute Gasteiger partial charge is 0.493 e. The van der Waals surface area contributed by atoms with Crippen LogP contribution in [0.1, 0.15) is 40.3 Å². The second kappa shape index (κ2) is 10.5. The van der Waals surface area contributed by atoms with Crippen LogP contribution in [0.5, 0.6) is 17.2 Å². The van der Waals surface area contributed by atoms with Crippen LogP contribution in [0.15, 0.2) is 60.7 Å². The Morgan fingerprint density at radius 2 is 1.74 bits per heavy atom. The highest BCUT2D eigenvalue weighted by Gasteiger charge is 2.20. The van der Waals surface area contributed by atoms with E-state index < -0.39 is 0 Å². The van der Waals surface area contributed by atoms with E-state index in [1.54, 1.807) is 32.4 Å². The molecule has 0 aliphatic heterocycles. The zero-order valence-corrected chi connectivity index (χ0v) is 20.8. The third kappa shape index (κ3) is 5.24. The van der Waals surface area contributed by atoms with Gasteiger partial charge in [-0.1, -0.05) is 18.2 Å². The molecular weight excluding hydrogens is 442 g/mol. The molecule has 1 atom stereocenters. The summed E-state index contributed by atoms with van der Waals surface area (Å²) in [4.78, 5) is 17.8. The molecule has 7 nitrogen and oxygen atoms in total. The fourth-order valence-corrected chi connectivity index (χ4v) is 4.04. The number of hydrogen-bond acceptors (Lipinski definition) is 5. The lowest BCUT2D eigenvalue weighted by Gasteiger charge is -2.17. The molecule has 0 bridgehead atoms. The summed E-state index contributed by atoms with van der Waals surface area (Å²) in [5.74, 6) is 2.47. The van der Waals surface area contributed by atoms with Crippen molar-refractivity contribution in [2.75, 3.05) is 20.8 Å². The highest BCUT2D eigenvalue weighted by atomic mass is 16.5. The van der Waals surface area contributed by atoms with Crippen LogP contribution < -0.4 is 19.5 Å². The number of aromatic nitrogens is 2. The molecule has 0 aliphatic carbocycles. The average molecular weight is 474 g/mol. The van der Waals surface area contributed by atoms with Crippen LogP contribution in [-0.4, -0.2) is 36.3 Å². The van der Waals surface area contributed by atoms with Crippen LogP contribution in [0.2, 0.25) is 0 Å². The van der Waals surface area contributed by atoms with Crippen molar-refractivity contribution in [3.63, 3.8) is 0 Å². The van der Waals surface area contributed by atoms with Crippen LogP contribution >= 0.6 is 0 Å². The zero-order chi connectivity index (χ0) is 24.9. The monoisotopic (exact) mass is 473 g/mol. The third-order valence-corrected chi connectivity index (χ3v) is 6.13. The molecule has 1 aromatic heterocycles. The second-order valence-corrected chi connectivity index (χ2v) is 8.47. The van der Waals surface area contributed by atoms with Gasteiger partial charge in [-0.25, -0.2) is 4.98 Å². The topological polar surface area (TPSA) is 74.6 Å². The van der Waals surface area contributed by atoms with Gasteiger partial charge in [-0.2, -0.15) is 0 Å². The summed E-state index contributed by atoms with van der Waals surface area (Å²) in [5, 5.41) is 3.06. The molecule has 4 aromatic rings. The molecule has 35 heavy (non-hydrogen) atoms. The number of aryl methyl sites for hydroxylation is 2. The minimum absolute atomic E-state index is 0.219. The molecule has 0 spiro atoms. The highest BCUT2D eigenvalue weighted by molar-refractivity contribution is 5.95. The first-order valence-corrected chi connectivity index (χ1v) is 11.6. The third-order valence-electron chi connectivity index (χ3n) is 6.13. The van der Waals surface area contributed by atoms with Gasteiger partial charge < -0.3 is 24.1 Å². The maximum Gasteiger partial charge on any atom is 0.251 e. The van der Waals surface area contributed by atoms with Crippen molar-refractivity contribution in [2.45, 2.75) is 33.4 Å². The van der Waals surface area contributed by atoms with Crippen molar-refractivity contribution >= 4 is 16.9 Å². The Morgan fingerprint density at radius 1 is 0.971 bits per heavy atom. The standard InChI is InChI=1S/C28H31N3O4/c1-18-10-12-22(16-19(18)2)35-15-14-31-24-9-7-6-8-23(24)30-27(31)20(3)29-28(32)21-11-13-25(33-4)26(17-21)34-5/h6-13,16-17,20H,14-15H2,1-5H3,(H,29,32). The van der Waals surface area contributed by atoms with Gasteiger partial charge >= 0.3 is 0 Å². The number of rotatable bonds is 9. The van der Waals surface area contributed by atoms with E-state index in [9.17, 15) is 4.79 Å². The van der Waals surface area contributed by atoms with Crippen LogP contribution in [0.3, 0.4) is 0 Å². The van der Waals surface area contributed by atoms with Crippen molar-refractivity contribution in [1.82, 2.24) is 14.9 Å². The molecule has 0 aliphatic rings. The van der Waals surface area contributed by atoms with E-state index in [1.165, 1.54) is 11.1 Å². The molecule has 1 N–H and O–H groups in total. The maximum absolute atomic E-state index is 13.0. The Bertz CT molecular complexity index is 1350. The fraction of sp³-hybridized carbons (Fsp3) is 0.286. The lowest BCUT2D eigenvalue weighted by Crippen LogP contribution is -2.29. The van der Waals surface area contributed by atoms with Gasteiger partial charge in [-0.3, -0.25) is 4.79 Å². The van der Waals surface area contributed by atoms with Crippen LogP contribution in [-0.2, 0) is 6.54 Å². The SMILES string of the molecule is COc1ccc(C(=O)NC(C)c2nc3ccccc3n2CCOc2ccc(C)c(C)c2)cc1OC. The lowest BCUT2D eigenvalue weighted by atomic mass is 10.1. The Kier molecular flexibility index (Phi) is 7.25. The van der Waals surface area contributed by atoms with Gasteiger partial charge in [0.2, 0.25) is 0 Å². The lowest BCUT2D eigenvalue weighted by molar-refractivity contribution is 0.0937. The smallest absolute Gasteiger partial charge is 0.251 e. The number of carbonyl (C=O) groups excluding carboxylic acids is 1. The molecular formula is C28H31N3O4. The Morgan fingerprint density at radius 3 is 2.49 bits per heavy atom. The first-order chi connectivity index (χ1) is 16.9. The molecule has 0 radical (unpaired) electrons. The second-order valence-electron chi connectivity index (χ2n) is 8.47. The van der Waals surface area contributed by atoms with Gasteiger partial charge in [0.1, 0.15) is 18.2 Å². The van der Waals surface area contributed by atoms with E-state index in [0.29, 0.717) is 30.2 Å². The predicted molar refractivity (Wildman–Crippen MR) is 137 cm³/mol. The number of benzene rings is 3. The molecule has 0 saturated carbocycles. The van der Waals surface area contributed by atoms with Gasteiger partial charge in [-0.05, 0) is 74.4 Å². The van der Waals surface area contributed by atoms with Crippen molar-refractivity contribution in [3.05, 3.63) is 83.2 Å². The van der Waals surface area contributed by atoms with Crippen molar-refractivity contribution in [1.29, 1.82) is 0 Å². The van der Waals surface area contributed by atoms with E-state index in [0.717, 1.165) is 22.6 Å². The van der Waals surface area contributed by atoms with Crippen LogP contribution in [0.4, 0.5) is 0 Å². The summed E-state index contributed by atoms with van der Waals surface area (Å²) >= 11 is 0. The maximum atomic E-state index is 13.0. The summed E-state index contributed by atoms with van der Waals surface area (Å²) < 4.78 is 18.7. The molecule has 1 unspecified atom stereocenters. The molecule has 3 aromatic carbocycles. The summed E-state index contributed by atoms with van der Waals surface area (Å²) in [6, 6.07) is 18.8. The number of ether oxygens (including phenoxy) is 3. The highest BCUT2D eigenvalue weighted by Crippen LogP contribution is 2.28. The number of hydrogen-bond donors (Lipinski definition) is 1. The summed E-state index contributed by atoms with van der Waals surface area (Å²) in [7, 11) is 3.11. The van der Waals surface area contributed by atoms with E-state index in [1.807, 2.05) is 43.3 Å². The Labute approximate surface area is 205 Å². The van der Waals surface area contributed by atoms with Gasteiger partial charge in [0.15, 0.2) is 11.5 Å². The number of imidazole rings is 1. The normalized spacial score (nSPS) is 11.8. The molecule has 182 valence electrons. The van der Waals surface area contributed by atoms with E-state index in [-0.39, 0.29) is 11.9 Å². The van der Waals surface area contributed by atoms with Gasteiger partial charge in [0.05, 0.1) is 37.8 Å². The molecule has 7 heteroatoms. The van der Waals surface area contributed by atoms with Crippen molar-refractivity contribution in [2.24, 2.45) is 0 Å². The Balaban J connectivity index is 1.53. The molecule has 0 saturated heterocycles. The minimum Gasteiger partial charge on any atom is -0.493 e. The number of nitrogens with one attached hydrogen (secondary N) is 1. The van der Waals surface area contributed by atoms with Gasteiger partial charge in [0.25, 0.3) is 5.91 Å². The Hall–Kier alpha value is -4.00. The number of carbonyl (C=O) groups is 1. The molecule has 0 fully saturated rings. The number of fused-ring (bicyclic) bond motifs is 1.